The maximum absolute atomic E-state index is 12.0. The lowest BCUT2D eigenvalue weighted by Crippen LogP contribution is -2.23. The fourth-order valence-electron chi connectivity index (χ4n) is 1.96. The average Bonchev–Trinajstić information content (AvgIpc) is 2.46. The predicted molar refractivity (Wildman–Crippen MR) is 90.0 cm³/mol. The van der Waals surface area contributed by atoms with Crippen LogP contribution < -0.4 is 0 Å². The molecule has 0 unspecified atom stereocenters. The molecule has 0 aromatic heterocycles. The van der Waals surface area contributed by atoms with Gasteiger partial charge in [0, 0.05) is 16.1 Å². The molecular weight excluding hydrogens is 296 g/mol. The Morgan fingerprint density at radius 2 is 1.77 bits per heavy atom. The molecule has 22 heavy (non-hydrogen) atoms. The molecule has 0 saturated carbocycles. The zero-order valence-electron chi connectivity index (χ0n) is 12.8. The van der Waals surface area contributed by atoms with Gasteiger partial charge in [0.2, 0.25) is 0 Å². The van der Waals surface area contributed by atoms with Crippen LogP contribution in [0.25, 0.3) is 11.1 Å². The average molecular weight is 313 g/mol. The zero-order chi connectivity index (χ0) is 16.3. The van der Waals surface area contributed by atoms with Crippen LogP contribution in [0.5, 0.6) is 0 Å². The van der Waals surface area contributed by atoms with Crippen LogP contribution in [0.3, 0.4) is 0 Å². The van der Waals surface area contributed by atoms with Crippen LogP contribution in [0.1, 0.15) is 36.7 Å². The highest BCUT2D eigenvalue weighted by Gasteiger charge is 2.17. The largest absolute Gasteiger partial charge is 0.456 e. The van der Waals surface area contributed by atoms with E-state index < -0.39 is 5.60 Å². The Morgan fingerprint density at radius 3 is 2.32 bits per heavy atom. The monoisotopic (exact) mass is 312 g/mol. The van der Waals surface area contributed by atoms with E-state index in [-0.39, 0.29) is 5.97 Å². The normalized spacial score (nSPS) is 10.9. The number of halogens is 1. The van der Waals surface area contributed by atoms with E-state index in [2.05, 4.69) is 5.92 Å². The number of benzene rings is 2. The molecule has 0 bridgehead atoms. The van der Waals surface area contributed by atoms with Crippen molar-refractivity contribution in [3.05, 3.63) is 58.6 Å². The molecule has 0 amide bonds. The van der Waals surface area contributed by atoms with E-state index in [1.807, 2.05) is 39.0 Å². The molecule has 0 radical (unpaired) electrons. The number of esters is 1. The molecule has 0 aliphatic carbocycles. The number of hydrogen-bond donors (Lipinski definition) is 0. The third-order valence-electron chi connectivity index (χ3n) is 2.96. The summed E-state index contributed by atoms with van der Waals surface area (Å²) in [6.07, 6.45) is 5.42. The van der Waals surface area contributed by atoms with Crippen molar-refractivity contribution in [3.8, 4) is 23.5 Å². The van der Waals surface area contributed by atoms with Gasteiger partial charge >= 0.3 is 5.97 Å². The number of ether oxygens (including phenoxy) is 1. The molecule has 2 nitrogen and oxygen atoms in total. The van der Waals surface area contributed by atoms with Crippen LogP contribution >= 0.6 is 11.6 Å². The van der Waals surface area contributed by atoms with Gasteiger partial charge in [0.05, 0.1) is 5.56 Å². The maximum atomic E-state index is 12.0. The molecule has 2 aromatic rings. The summed E-state index contributed by atoms with van der Waals surface area (Å²) in [6, 6.07) is 12.5. The summed E-state index contributed by atoms with van der Waals surface area (Å²) in [6.45, 7) is 5.51. The van der Waals surface area contributed by atoms with Crippen molar-refractivity contribution >= 4 is 17.6 Å². The molecule has 3 heteroatoms. The van der Waals surface area contributed by atoms with Crippen molar-refractivity contribution in [2.45, 2.75) is 26.4 Å². The van der Waals surface area contributed by atoms with Crippen molar-refractivity contribution < 1.29 is 9.53 Å². The molecule has 112 valence electrons. The molecular formula is C19H17ClO2. The maximum Gasteiger partial charge on any atom is 0.338 e. The van der Waals surface area contributed by atoms with Gasteiger partial charge in [-0.05, 0) is 56.7 Å². The first-order valence-corrected chi connectivity index (χ1v) is 7.28. The first-order valence-electron chi connectivity index (χ1n) is 6.90. The van der Waals surface area contributed by atoms with Crippen molar-refractivity contribution in [2.24, 2.45) is 0 Å². The highest BCUT2D eigenvalue weighted by molar-refractivity contribution is 6.33. The van der Waals surface area contributed by atoms with E-state index in [0.717, 1.165) is 16.7 Å². The Labute approximate surface area is 136 Å². The Hall–Kier alpha value is -2.24. The molecule has 0 aliphatic rings. The van der Waals surface area contributed by atoms with Gasteiger partial charge in [0.1, 0.15) is 5.60 Å². The lowest BCUT2D eigenvalue weighted by atomic mass is 10.0. The van der Waals surface area contributed by atoms with Gasteiger partial charge in [0.25, 0.3) is 0 Å². The van der Waals surface area contributed by atoms with Crippen LogP contribution in [0.4, 0.5) is 0 Å². The first-order chi connectivity index (χ1) is 10.3. The van der Waals surface area contributed by atoms with Gasteiger partial charge in [-0.3, -0.25) is 0 Å². The summed E-state index contributed by atoms with van der Waals surface area (Å²) in [7, 11) is 0. The molecule has 0 saturated heterocycles. The highest BCUT2D eigenvalue weighted by atomic mass is 35.5. The van der Waals surface area contributed by atoms with E-state index in [0.29, 0.717) is 10.6 Å². The predicted octanol–water partition coefficient (Wildman–Crippen LogP) is 4.94. The Balaban J connectivity index is 2.30. The van der Waals surface area contributed by atoms with E-state index in [9.17, 15) is 4.79 Å². The van der Waals surface area contributed by atoms with Crippen LogP contribution in [-0.4, -0.2) is 11.6 Å². The third-order valence-corrected chi connectivity index (χ3v) is 3.29. The van der Waals surface area contributed by atoms with Gasteiger partial charge in [-0.25, -0.2) is 4.79 Å². The standard InChI is InChI=1S/C19H17ClO2/c1-5-13-6-11-17(20)16(12-13)14-7-9-15(10-8-14)18(21)22-19(2,3)4/h1,6-12H,2-4H3. The summed E-state index contributed by atoms with van der Waals surface area (Å²) in [5.74, 6) is 2.24. The number of carbonyl (C=O) groups is 1. The Bertz CT molecular complexity index is 732. The smallest absolute Gasteiger partial charge is 0.338 e. The molecule has 0 N–H and O–H groups in total. The first kappa shape index (κ1) is 16.1. The summed E-state index contributed by atoms with van der Waals surface area (Å²) >= 11 is 6.22. The molecule has 0 atom stereocenters. The summed E-state index contributed by atoms with van der Waals surface area (Å²) in [5, 5.41) is 0.615. The molecule has 0 heterocycles. The molecule has 0 fully saturated rings. The summed E-state index contributed by atoms with van der Waals surface area (Å²) in [5.41, 5.74) is 2.49. The minimum Gasteiger partial charge on any atom is -0.456 e. The molecule has 2 aromatic carbocycles. The number of carbonyl (C=O) groups excluding carboxylic acids is 1. The van der Waals surface area contributed by atoms with Crippen molar-refractivity contribution in [1.82, 2.24) is 0 Å². The van der Waals surface area contributed by atoms with Crippen LogP contribution in [0, 0.1) is 12.3 Å². The minimum atomic E-state index is -0.514. The fraction of sp³-hybridized carbons (Fsp3) is 0.211. The quantitative estimate of drug-likeness (QED) is 0.579. The van der Waals surface area contributed by atoms with E-state index >= 15 is 0 Å². The second-order valence-electron chi connectivity index (χ2n) is 5.92. The van der Waals surface area contributed by atoms with Crippen molar-refractivity contribution in [2.75, 3.05) is 0 Å². The lowest BCUT2D eigenvalue weighted by molar-refractivity contribution is 0.00696. The summed E-state index contributed by atoms with van der Waals surface area (Å²) < 4.78 is 5.34. The van der Waals surface area contributed by atoms with Crippen LogP contribution in [0.15, 0.2) is 42.5 Å². The molecule has 2 rings (SSSR count). The third kappa shape index (κ3) is 3.90. The second kappa shape index (κ2) is 6.25. The van der Waals surface area contributed by atoms with Gasteiger partial charge in [0.15, 0.2) is 0 Å². The minimum absolute atomic E-state index is 0.345. The van der Waals surface area contributed by atoms with Gasteiger partial charge in [-0.2, -0.15) is 0 Å². The van der Waals surface area contributed by atoms with Gasteiger partial charge < -0.3 is 4.74 Å². The number of hydrogen-bond acceptors (Lipinski definition) is 2. The lowest BCUT2D eigenvalue weighted by Gasteiger charge is -2.19. The van der Waals surface area contributed by atoms with Crippen LogP contribution in [0.2, 0.25) is 5.02 Å². The zero-order valence-corrected chi connectivity index (χ0v) is 13.6. The highest BCUT2D eigenvalue weighted by Crippen LogP contribution is 2.29. The Morgan fingerprint density at radius 1 is 1.14 bits per heavy atom. The second-order valence-corrected chi connectivity index (χ2v) is 6.33. The molecule has 0 aliphatic heterocycles. The van der Waals surface area contributed by atoms with Crippen molar-refractivity contribution in [3.63, 3.8) is 0 Å². The van der Waals surface area contributed by atoms with Gasteiger partial charge in [-0.15, -0.1) is 6.42 Å². The number of rotatable bonds is 2. The Kier molecular flexibility index (Phi) is 4.59. The number of terminal acetylenes is 1. The SMILES string of the molecule is C#Cc1ccc(Cl)c(-c2ccc(C(=O)OC(C)(C)C)cc2)c1. The van der Waals surface area contributed by atoms with E-state index in [1.165, 1.54) is 0 Å². The van der Waals surface area contributed by atoms with E-state index in [1.54, 1.807) is 24.3 Å². The van der Waals surface area contributed by atoms with Gasteiger partial charge in [-0.1, -0.05) is 29.7 Å². The summed E-state index contributed by atoms with van der Waals surface area (Å²) in [4.78, 5) is 12.0. The molecule has 0 spiro atoms. The fourth-order valence-corrected chi connectivity index (χ4v) is 2.19. The van der Waals surface area contributed by atoms with Crippen LogP contribution in [-0.2, 0) is 4.74 Å². The van der Waals surface area contributed by atoms with E-state index in [4.69, 9.17) is 22.8 Å². The topological polar surface area (TPSA) is 26.3 Å². The van der Waals surface area contributed by atoms with Crippen molar-refractivity contribution in [1.29, 1.82) is 0 Å².